The number of halogens is 1. The van der Waals surface area contributed by atoms with Crippen molar-refractivity contribution >= 4 is 11.7 Å². The Balaban J connectivity index is 1.33. The molecule has 0 saturated carbocycles. The summed E-state index contributed by atoms with van der Waals surface area (Å²) in [6, 6.07) is 15.8. The van der Waals surface area contributed by atoms with Gasteiger partial charge in [-0.3, -0.25) is 4.79 Å². The van der Waals surface area contributed by atoms with E-state index >= 15 is 0 Å². The quantitative estimate of drug-likeness (QED) is 0.651. The SMILES string of the molecule is Cc1cccc(OCC(=O)N2CCN(c3cc(-c4ccc(F)cc4)ncn3)CC2)c1. The first kappa shape index (κ1) is 19.8. The van der Waals surface area contributed by atoms with Crippen molar-refractivity contribution < 1.29 is 13.9 Å². The van der Waals surface area contributed by atoms with Crippen LogP contribution in [-0.4, -0.2) is 53.6 Å². The van der Waals surface area contributed by atoms with E-state index in [-0.39, 0.29) is 18.3 Å². The third-order valence-corrected chi connectivity index (χ3v) is 5.10. The molecule has 0 aliphatic carbocycles. The first-order valence-electron chi connectivity index (χ1n) is 9.89. The zero-order valence-corrected chi connectivity index (χ0v) is 16.8. The Labute approximate surface area is 174 Å². The smallest absolute Gasteiger partial charge is 0.260 e. The summed E-state index contributed by atoms with van der Waals surface area (Å²) in [5.41, 5.74) is 2.67. The molecule has 0 N–H and O–H groups in total. The Hall–Kier alpha value is -3.48. The molecule has 1 fully saturated rings. The summed E-state index contributed by atoms with van der Waals surface area (Å²) >= 11 is 0. The van der Waals surface area contributed by atoms with Gasteiger partial charge in [-0.25, -0.2) is 14.4 Å². The summed E-state index contributed by atoms with van der Waals surface area (Å²) in [7, 11) is 0. The van der Waals surface area contributed by atoms with Gasteiger partial charge in [0, 0.05) is 37.8 Å². The molecule has 0 unspecified atom stereocenters. The lowest BCUT2D eigenvalue weighted by atomic mass is 10.1. The molecule has 1 aromatic heterocycles. The highest BCUT2D eigenvalue weighted by molar-refractivity contribution is 5.78. The van der Waals surface area contributed by atoms with Crippen molar-refractivity contribution in [3.8, 4) is 17.0 Å². The third kappa shape index (κ3) is 4.74. The second-order valence-corrected chi connectivity index (χ2v) is 7.24. The number of nitrogens with zero attached hydrogens (tertiary/aromatic N) is 4. The van der Waals surface area contributed by atoms with Crippen LogP contribution in [0.25, 0.3) is 11.3 Å². The topological polar surface area (TPSA) is 58.6 Å². The molecule has 0 bridgehead atoms. The molecule has 154 valence electrons. The predicted molar refractivity (Wildman–Crippen MR) is 113 cm³/mol. The molecule has 4 rings (SSSR count). The van der Waals surface area contributed by atoms with E-state index in [2.05, 4.69) is 14.9 Å². The maximum Gasteiger partial charge on any atom is 0.260 e. The number of benzene rings is 2. The van der Waals surface area contributed by atoms with Crippen molar-refractivity contribution in [2.75, 3.05) is 37.7 Å². The van der Waals surface area contributed by atoms with Crippen LogP contribution in [0.4, 0.5) is 10.2 Å². The van der Waals surface area contributed by atoms with Crippen molar-refractivity contribution in [3.63, 3.8) is 0 Å². The van der Waals surface area contributed by atoms with Gasteiger partial charge in [0.1, 0.15) is 23.7 Å². The van der Waals surface area contributed by atoms with Crippen LogP contribution in [0, 0.1) is 12.7 Å². The van der Waals surface area contributed by atoms with Gasteiger partial charge in [-0.15, -0.1) is 0 Å². The number of amides is 1. The first-order chi connectivity index (χ1) is 14.6. The van der Waals surface area contributed by atoms with Crippen LogP contribution in [-0.2, 0) is 4.79 Å². The van der Waals surface area contributed by atoms with Crippen LogP contribution in [0.15, 0.2) is 60.9 Å². The lowest BCUT2D eigenvalue weighted by Crippen LogP contribution is -2.50. The summed E-state index contributed by atoms with van der Waals surface area (Å²) < 4.78 is 18.8. The average Bonchev–Trinajstić information content (AvgIpc) is 2.78. The molecule has 0 atom stereocenters. The second-order valence-electron chi connectivity index (χ2n) is 7.24. The summed E-state index contributed by atoms with van der Waals surface area (Å²) in [4.78, 5) is 25.1. The van der Waals surface area contributed by atoms with Gasteiger partial charge >= 0.3 is 0 Å². The van der Waals surface area contributed by atoms with Gasteiger partial charge in [-0.05, 0) is 48.9 Å². The molecule has 0 radical (unpaired) electrons. The molecule has 1 saturated heterocycles. The fraction of sp³-hybridized carbons (Fsp3) is 0.261. The van der Waals surface area contributed by atoms with Crippen LogP contribution < -0.4 is 9.64 Å². The number of aryl methyl sites for hydroxylation is 1. The Kier molecular flexibility index (Phi) is 5.88. The minimum absolute atomic E-state index is 0.0224. The van der Waals surface area contributed by atoms with E-state index in [0.29, 0.717) is 31.9 Å². The largest absolute Gasteiger partial charge is 0.484 e. The number of carbonyl (C=O) groups excluding carboxylic acids is 1. The van der Waals surface area contributed by atoms with Gasteiger partial charge in [0.05, 0.1) is 5.69 Å². The fourth-order valence-electron chi connectivity index (χ4n) is 3.42. The van der Waals surface area contributed by atoms with Crippen LogP contribution >= 0.6 is 0 Å². The zero-order chi connectivity index (χ0) is 20.9. The molecule has 7 heteroatoms. The standard InChI is InChI=1S/C23H23FN4O2/c1-17-3-2-4-20(13-17)30-15-23(29)28-11-9-27(10-12-28)22-14-21(25-16-26-22)18-5-7-19(24)8-6-18/h2-8,13-14,16H,9-12,15H2,1H3. The minimum atomic E-state index is -0.278. The minimum Gasteiger partial charge on any atom is -0.484 e. The average molecular weight is 406 g/mol. The monoisotopic (exact) mass is 406 g/mol. The number of ether oxygens (including phenoxy) is 1. The molecule has 2 heterocycles. The first-order valence-corrected chi connectivity index (χ1v) is 9.89. The molecule has 6 nitrogen and oxygen atoms in total. The highest BCUT2D eigenvalue weighted by Gasteiger charge is 2.22. The Morgan fingerprint density at radius 1 is 1.03 bits per heavy atom. The Morgan fingerprint density at radius 3 is 2.53 bits per heavy atom. The van der Waals surface area contributed by atoms with Crippen LogP contribution in [0.3, 0.4) is 0 Å². The maximum absolute atomic E-state index is 13.2. The summed E-state index contributed by atoms with van der Waals surface area (Å²) in [5, 5.41) is 0. The van der Waals surface area contributed by atoms with Gasteiger partial charge in [-0.2, -0.15) is 0 Å². The van der Waals surface area contributed by atoms with Crippen molar-refractivity contribution in [1.82, 2.24) is 14.9 Å². The summed E-state index contributed by atoms with van der Waals surface area (Å²) in [5.74, 6) is 1.20. The molecule has 1 aliphatic rings. The van der Waals surface area contributed by atoms with Gasteiger partial charge < -0.3 is 14.5 Å². The van der Waals surface area contributed by atoms with Gasteiger partial charge in [-0.1, -0.05) is 12.1 Å². The molecule has 1 aliphatic heterocycles. The number of carbonyl (C=O) groups is 1. The number of aromatic nitrogens is 2. The van der Waals surface area contributed by atoms with E-state index in [1.807, 2.05) is 42.2 Å². The van der Waals surface area contributed by atoms with Crippen molar-refractivity contribution in [1.29, 1.82) is 0 Å². The molecular weight excluding hydrogens is 383 g/mol. The van der Waals surface area contributed by atoms with E-state index in [1.54, 1.807) is 12.1 Å². The van der Waals surface area contributed by atoms with Crippen LogP contribution in [0.1, 0.15) is 5.56 Å². The molecule has 0 spiro atoms. The lowest BCUT2D eigenvalue weighted by molar-refractivity contribution is -0.133. The summed E-state index contributed by atoms with van der Waals surface area (Å²) in [6.07, 6.45) is 1.52. The van der Waals surface area contributed by atoms with Crippen molar-refractivity contribution in [2.24, 2.45) is 0 Å². The highest BCUT2D eigenvalue weighted by atomic mass is 19.1. The molecular formula is C23H23FN4O2. The maximum atomic E-state index is 13.2. The van der Waals surface area contributed by atoms with E-state index in [4.69, 9.17) is 4.74 Å². The fourth-order valence-corrected chi connectivity index (χ4v) is 3.42. The van der Waals surface area contributed by atoms with E-state index in [1.165, 1.54) is 18.5 Å². The van der Waals surface area contributed by atoms with Crippen molar-refractivity contribution in [2.45, 2.75) is 6.92 Å². The molecule has 3 aromatic rings. The van der Waals surface area contributed by atoms with Gasteiger partial charge in [0.2, 0.25) is 0 Å². The zero-order valence-electron chi connectivity index (χ0n) is 16.8. The number of rotatable bonds is 5. The molecule has 2 aromatic carbocycles. The van der Waals surface area contributed by atoms with E-state index in [9.17, 15) is 9.18 Å². The van der Waals surface area contributed by atoms with Gasteiger partial charge in [0.25, 0.3) is 5.91 Å². The normalized spacial score (nSPS) is 13.9. The van der Waals surface area contributed by atoms with Crippen LogP contribution in [0.2, 0.25) is 0 Å². The Bertz CT molecular complexity index is 1020. The van der Waals surface area contributed by atoms with Gasteiger partial charge in [0.15, 0.2) is 6.61 Å². The predicted octanol–water partition coefficient (Wildman–Crippen LogP) is 3.32. The van der Waals surface area contributed by atoms with E-state index < -0.39 is 0 Å². The Morgan fingerprint density at radius 2 is 1.80 bits per heavy atom. The molecule has 1 amide bonds. The lowest BCUT2D eigenvalue weighted by Gasteiger charge is -2.35. The molecule has 30 heavy (non-hydrogen) atoms. The van der Waals surface area contributed by atoms with E-state index in [0.717, 1.165) is 22.6 Å². The van der Waals surface area contributed by atoms with Crippen LogP contribution in [0.5, 0.6) is 5.75 Å². The third-order valence-electron chi connectivity index (χ3n) is 5.10. The summed E-state index contributed by atoms with van der Waals surface area (Å²) in [6.45, 7) is 4.58. The number of anilines is 1. The number of hydrogen-bond acceptors (Lipinski definition) is 5. The second kappa shape index (κ2) is 8.90. The highest BCUT2D eigenvalue weighted by Crippen LogP contribution is 2.22. The van der Waals surface area contributed by atoms with Crippen molar-refractivity contribution in [3.05, 3.63) is 72.3 Å². The number of hydrogen-bond donors (Lipinski definition) is 0. The number of piperazine rings is 1.